The summed E-state index contributed by atoms with van der Waals surface area (Å²) in [5.74, 6) is -0.946. The van der Waals surface area contributed by atoms with Crippen LogP contribution in [-0.4, -0.2) is 20.0 Å². The summed E-state index contributed by atoms with van der Waals surface area (Å²) >= 11 is 0. The minimum Gasteiger partial charge on any atom is -0.344 e. The molecule has 0 bridgehead atoms. The normalized spacial score (nSPS) is 10.9. The molecule has 0 fully saturated rings. The van der Waals surface area contributed by atoms with E-state index >= 15 is 0 Å². The maximum Gasteiger partial charge on any atom is 0.333 e. The van der Waals surface area contributed by atoms with Crippen molar-refractivity contribution in [3.63, 3.8) is 0 Å². The van der Waals surface area contributed by atoms with Crippen LogP contribution in [0.1, 0.15) is 10.4 Å². The van der Waals surface area contributed by atoms with Gasteiger partial charge in [-0.25, -0.2) is 13.8 Å². The van der Waals surface area contributed by atoms with Gasteiger partial charge >= 0.3 is 5.69 Å². The highest BCUT2D eigenvalue weighted by Gasteiger charge is 2.20. The van der Waals surface area contributed by atoms with Gasteiger partial charge in [-0.2, -0.15) is 0 Å². The molecule has 2 heterocycles. The van der Waals surface area contributed by atoms with Gasteiger partial charge in [0.1, 0.15) is 11.3 Å². The number of aryl methyl sites for hydroxylation is 1. The molecule has 0 unspecified atom stereocenters. The van der Waals surface area contributed by atoms with Gasteiger partial charge in [-0.05, 0) is 36.4 Å². The number of nitrogens with one attached hydrogen (secondary N) is 2. The zero-order valence-corrected chi connectivity index (χ0v) is 14.8. The lowest BCUT2D eigenvalue weighted by molar-refractivity contribution is 0.102. The number of aromatic amines is 1. The summed E-state index contributed by atoms with van der Waals surface area (Å²) in [6.07, 6.45) is 1.47. The van der Waals surface area contributed by atoms with Crippen molar-refractivity contribution >= 4 is 22.6 Å². The molecule has 140 valence electrons. The molecule has 8 heteroatoms. The summed E-state index contributed by atoms with van der Waals surface area (Å²) in [4.78, 5) is 40.8. The molecule has 4 aromatic rings. The summed E-state index contributed by atoms with van der Waals surface area (Å²) in [6.45, 7) is 0. The van der Waals surface area contributed by atoms with Gasteiger partial charge in [0.25, 0.3) is 11.5 Å². The number of carbonyl (C=O) groups is 1. The van der Waals surface area contributed by atoms with Crippen molar-refractivity contribution in [1.29, 1.82) is 0 Å². The third-order valence-corrected chi connectivity index (χ3v) is 4.38. The van der Waals surface area contributed by atoms with E-state index in [1.54, 1.807) is 37.4 Å². The molecular formula is C20H15FN4O3. The second kappa shape index (κ2) is 6.66. The molecule has 0 radical (unpaired) electrons. The summed E-state index contributed by atoms with van der Waals surface area (Å²) in [6, 6.07) is 13.8. The van der Waals surface area contributed by atoms with Gasteiger partial charge in [-0.3, -0.25) is 9.59 Å². The molecule has 0 spiro atoms. The van der Waals surface area contributed by atoms with Gasteiger partial charge in [0.2, 0.25) is 0 Å². The number of benzene rings is 2. The van der Waals surface area contributed by atoms with Crippen molar-refractivity contribution in [2.24, 2.45) is 7.05 Å². The van der Waals surface area contributed by atoms with Gasteiger partial charge in [0.05, 0.1) is 16.8 Å². The average molecular weight is 378 g/mol. The fraction of sp³-hybridized carbons (Fsp3) is 0.0500. The van der Waals surface area contributed by atoms with Crippen LogP contribution in [0.2, 0.25) is 0 Å². The molecular weight excluding hydrogens is 363 g/mol. The van der Waals surface area contributed by atoms with E-state index in [2.05, 4.69) is 10.3 Å². The molecule has 0 aliphatic heterocycles. The SMILES string of the molecule is Cn1cc(C(=O)Nc2ccc(F)cc2)c2[nH]c(=O)n(-c3ccccc3)c(=O)c21. The number of nitrogens with zero attached hydrogens (tertiary/aromatic N) is 2. The van der Waals surface area contributed by atoms with Crippen LogP contribution in [-0.2, 0) is 7.05 Å². The lowest BCUT2D eigenvalue weighted by Crippen LogP contribution is -2.34. The molecule has 2 N–H and O–H groups in total. The van der Waals surface area contributed by atoms with Crippen molar-refractivity contribution < 1.29 is 9.18 Å². The van der Waals surface area contributed by atoms with Gasteiger partial charge in [-0.1, -0.05) is 18.2 Å². The van der Waals surface area contributed by atoms with E-state index in [4.69, 9.17) is 0 Å². The minimum absolute atomic E-state index is 0.135. The number of hydrogen-bond acceptors (Lipinski definition) is 3. The number of carbonyl (C=O) groups excluding carboxylic acids is 1. The van der Waals surface area contributed by atoms with Gasteiger partial charge in [0.15, 0.2) is 0 Å². The Kier molecular flexibility index (Phi) is 4.15. The predicted octanol–water partition coefficient (Wildman–Crippen LogP) is 2.41. The van der Waals surface area contributed by atoms with Crippen molar-refractivity contribution in [2.75, 3.05) is 5.32 Å². The zero-order valence-electron chi connectivity index (χ0n) is 14.8. The van der Waals surface area contributed by atoms with Crippen molar-refractivity contribution in [2.45, 2.75) is 0 Å². The first-order valence-corrected chi connectivity index (χ1v) is 8.42. The molecule has 0 saturated carbocycles. The van der Waals surface area contributed by atoms with Crippen LogP contribution in [0, 0.1) is 5.82 Å². The number of amides is 1. The summed E-state index contributed by atoms with van der Waals surface area (Å²) in [7, 11) is 1.62. The van der Waals surface area contributed by atoms with E-state index in [9.17, 15) is 18.8 Å². The Morgan fingerprint density at radius 2 is 1.71 bits per heavy atom. The van der Waals surface area contributed by atoms with Crippen LogP contribution < -0.4 is 16.6 Å². The molecule has 0 atom stereocenters. The van der Waals surface area contributed by atoms with E-state index in [-0.39, 0.29) is 16.6 Å². The second-order valence-electron chi connectivity index (χ2n) is 6.24. The first kappa shape index (κ1) is 17.5. The number of para-hydroxylation sites is 1. The molecule has 0 aliphatic rings. The Hall–Kier alpha value is -3.94. The number of anilines is 1. The average Bonchev–Trinajstić information content (AvgIpc) is 3.01. The third-order valence-electron chi connectivity index (χ3n) is 4.38. The van der Waals surface area contributed by atoms with E-state index in [1.807, 2.05) is 0 Å². The lowest BCUT2D eigenvalue weighted by Gasteiger charge is -2.06. The highest BCUT2D eigenvalue weighted by molar-refractivity contribution is 6.11. The highest BCUT2D eigenvalue weighted by atomic mass is 19.1. The number of aromatic nitrogens is 3. The largest absolute Gasteiger partial charge is 0.344 e. The topological polar surface area (TPSA) is 88.9 Å². The quantitative estimate of drug-likeness (QED) is 0.574. The van der Waals surface area contributed by atoms with Crippen LogP contribution >= 0.6 is 0 Å². The highest BCUT2D eigenvalue weighted by Crippen LogP contribution is 2.17. The van der Waals surface area contributed by atoms with E-state index < -0.39 is 23.0 Å². The van der Waals surface area contributed by atoms with E-state index in [0.717, 1.165) is 4.57 Å². The van der Waals surface area contributed by atoms with Gasteiger partial charge in [-0.15, -0.1) is 0 Å². The van der Waals surface area contributed by atoms with E-state index in [0.29, 0.717) is 11.4 Å². The Labute approximate surface area is 157 Å². The Morgan fingerprint density at radius 3 is 2.39 bits per heavy atom. The summed E-state index contributed by atoms with van der Waals surface area (Å²) in [5.41, 5.74) is 0.102. The van der Waals surface area contributed by atoms with Crippen LogP contribution in [0.3, 0.4) is 0 Å². The van der Waals surface area contributed by atoms with Gasteiger partial charge < -0.3 is 14.9 Å². The fourth-order valence-electron chi connectivity index (χ4n) is 3.09. The first-order chi connectivity index (χ1) is 13.5. The first-order valence-electron chi connectivity index (χ1n) is 8.42. The smallest absolute Gasteiger partial charge is 0.333 e. The Balaban J connectivity index is 1.84. The molecule has 0 saturated heterocycles. The number of halogens is 1. The Morgan fingerprint density at radius 1 is 1.04 bits per heavy atom. The maximum absolute atomic E-state index is 13.0. The molecule has 28 heavy (non-hydrogen) atoms. The fourth-order valence-corrected chi connectivity index (χ4v) is 3.09. The van der Waals surface area contributed by atoms with Crippen molar-refractivity contribution in [1.82, 2.24) is 14.1 Å². The molecule has 0 aliphatic carbocycles. The summed E-state index contributed by atoms with van der Waals surface area (Å²) < 4.78 is 15.5. The van der Waals surface area contributed by atoms with Crippen LogP contribution in [0.5, 0.6) is 0 Å². The Bertz CT molecular complexity index is 1300. The zero-order chi connectivity index (χ0) is 19.8. The van der Waals surface area contributed by atoms with Crippen molar-refractivity contribution in [3.8, 4) is 5.69 Å². The van der Waals surface area contributed by atoms with Crippen LogP contribution in [0.25, 0.3) is 16.7 Å². The molecule has 2 aromatic heterocycles. The second-order valence-corrected chi connectivity index (χ2v) is 6.24. The van der Waals surface area contributed by atoms with Crippen LogP contribution in [0.15, 0.2) is 70.4 Å². The third kappa shape index (κ3) is 2.90. The number of fused-ring (bicyclic) bond motifs is 1. The van der Waals surface area contributed by atoms with Crippen molar-refractivity contribution in [3.05, 3.63) is 93.0 Å². The summed E-state index contributed by atoms with van der Waals surface area (Å²) in [5, 5.41) is 2.63. The molecule has 4 rings (SSSR count). The standard InChI is InChI=1S/C20H15FN4O3/c1-24-11-15(18(26)22-13-9-7-12(21)8-10-13)16-17(24)19(27)25(20(28)23-16)14-5-3-2-4-6-14/h2-11H,1H3,(H,22,26)(H,23,28). The van der Waals surface area contributed by atoms with E-state index in [1.165, 1.54) is 35.0 Å². The number of hydrogen-bond donors (Lipinski definition) is 2. The van der Waals surface area contributed by atoms with Gasteiger partial charge in [0, 0.05) is 18.9 Å². The number of rotatable bonds is 3. The lowest BCUT2D eigenvalue weighted by atomic mass is 10.2. The molecule has 1 amide bonds. The minimum atomic E-state index is -0.647. The molecule has 7 nitrogen and oxygen atoms in total. The van der Waals surface area contributed by atoms with Crippen LogP contribution in [0.4, 0.5) is 10.1 Å². The molecule has 2 aromatic carbocycles. The number of H-pyrrole nitrogens is 1. The monoisotopic (exact) mass is 378 g/mol. The maximum atomic E-state index is 13.0. The predicted molar refractivity (Wildman–Crippen MR) is 103 cm³/mol.